The van der Waals surface area contributed by atoms with Gasteiger partial charge >= 0.3 is 0 Å². The zero-order valence-electron chi connectivity index (χ0n) is 16.1. The first kappa shape index (κ1) is 20.1. The molecule has 0 unspecified atom stereocenters. The summed E-state index contributed by atoms with van der Waals surface area (Å²) in [5, 5.41) is 29.8. The lowest BCUT2D eigenvalue weighted by atomic mass is 10.1. The van der Waals surface area contributed by atoms with Gasteiger partial charge in [0.05, 0.1) is 18.8 Å². The summed E-state index contributed by atoms with van der Waals surface area (Å²) in [4.78, 5) is 6.49. The van der Waals surface area contributed by atoms with E-state index in [9.17, 15) is 10.2 Å². The maximum Gasteiger partial charge on any atom is 0.0825 e. The van der Waals surface area contributed by atoms with E-state index in [2.05, 4.69) is 28.2 Å². The van der Waals surface area contributed by atoms with E-state index in [1.165, 1.54) is 5.39 Å². The van der Waals surface area contributed by atoms with Crippen molar-refractivity contribution < 1.29 is 15.3 Å². The second kappa shape index (κ2) is 9.55. The summed E-state index contributed by atoms with van der Waals surface area (Å²) in [5.74, 6) is 0. The van der Waals surface area contributed by atoms with Crippen LogP contribution in [0.4, 0.5) is 0 Å². The van der Waals surface area contributed by atoms with E-state index in [1.54, 1.807) is 0 Å². The van der Waals surface area contributed by atoms with E-state index < -0.39 is 6.10 Å². The molecule has 0 amide bonds. The molecular weight excluding hydrogens is 352 g/mol. The molecule has 5 nitrogen and oxygen atoms in total. The molecule has 0 aliphatic rings. The van der Waals surface area contributed by atoms with Crippen LogP contribution in [-0.2, 0) is 12.8 Å². The van der Waals surface area contributed by atoms with Crippen molar-refractivity contribution in [3.05, 3.63) is 72.1 Å². The molecule has 2 atom stereocenters. The van der Waals surface area contributed by atoms with E-state index >= 15 is 0 Å². The van der Waals surface area contributed by atoms with Gasteiger partial charge in [-0.2, -0.15) is 0 Å². The summed E-state index contributed by atoms with van der Waals surface area (Å²) < 4.78 is 0. The minimum atomic E-state index is -0.678. The van der Waals surface area contributed by atoms with Gasteiger partial charge in [0, 0.05) is 35.3 Å². The Bertz CT molecular complexity index is 857. The van der Waals surface area contributed by atoms with Gasteiger partial charge in [0.25, 0.3) is 0 Å². The van der Waals surface area contributed by atoms with Crippen LogP contribution in [0.5, 0.6) is 0 Å². The van der Waals surface area contributed by atoms with Crippen LogP contribution in [0.1, 0.15) is 24.7 Å². The van der Waals surface area contributed by atoms with Gasteiger partial charge in [-0.25, -0.2) is 0 Å². The predicted molar refractivity (Wildman–Crippen MR) is 113 cm³/mol. The van der Waals surface area contributed by atoms with Crippen LogP contribution in [0.2, 0.25) is 0 Å². The maximum atomic E-state index is 9.52. The molecule has 2 aromatic carbocycles. The van der Waals surface area contributed by atoms with Crippen molar-refractivity contribution in [3.63, 3.8) is 0 Å². The highest BCUT2D eigenvalue weighted by Crippen LogP contribution is 2.16. The van der Waals surface area contributed by atoms with E-state index in [4.69, 9.17) is 5.11 Å². The molecule has 4 aromatic rings. The van der Waals surface area contributed by atoms with Crippen molar-refractivity contribution in [1.82, 2.24) is 9.97 Å². The van der Waals surface area contributed by atoms with Crippen LogP contribution < -0.4 is 0 Å². The maximum absolute atomic E-state index is 9.52. The number of H-pyrrole nitrogens is 2. The fourth-order valence-electron chi connectivity index (χ4n) is 3.20. The molecule has 28 heavy (non-hydrogen) atoms. The highest BCUT2D eigenvalue weighted by molar-refractivity contribution is 5.80. The van der Waals surface area contributed by atoms with E-state index in [0.29, 0.717) is 12.8 Å². The first-order chi connectivity index (χ1) is 13.6. The molecular formula is C23H28N2O3. The fraction of sp³-hybridized carbons (Fsp3) is 0.304. The predicted octanol–water partition coefficient (Wildman–Crippen LogP) is 3.54. The minimum absolute atomic E-state index is 0.199. The Kier molecular flexibility index (Phi) is 6.87. The number of rotatable bonds is 6. The Morgan fingerprint density at radius 1 is 0.750 bits per heavy atom. The largest absolute Gasteiger partial charge is 0.394 e. The van der Waals surface area contributed by atoms with Gasteiger partial charge in [-0.1, -0.05) is 43.3 Å². The third kappa shape index (κ3) is 5.23. The molecule has 0 spiro atoms. The van der Waals surface area contributed by atoms with E-state index in [0.717, 1.165) is 34.2 Å². The molecule has 2 aromatic heterocycles. The first-order valence-electron chi connectivity index (χ1n) is 9.69. The zero-order valence-corrected chi connectivity index (χ0v) is 16.1. The highest BCUT2D eigenvalue weighted by Gasteiger charge is 2.06. The normalized spacial score (nSPS) is 13.3. The Morgan fingerprint density at radius 3 is 1.64 bits per heavy atom. The van der Waals surface area contributed by atoms with Gasteiger partial charge < -0.3 is 25.3 Å². The molecule has 4 rings (SSSR count). The average Bonchev–Trinajstić information content (AvgIpc) is 3.30. The zero-order chi connectivity index (χ0) is 19.9. The van der Waals surface area contributed by atoms with Crippen LogP contribution in [0.3, 0.4) is 0 Å². The van der Waals surface area contributed by atoms with Crippen LogP contribution in [0.15, 0.2) is 60.7 Å². The topological polar surface area (TPSA) is 92.3 Å². The molecule has 0 aliphatic heterocycles. The molecule has 0 saturated carbocycles. The molecule has 148 valence electrons. The average molecular weight is 380 g/mol. The fourth-order valence-corrected chi connectivity index (χ4v) is 3.20. The highest BCUT2D eigenvalue weighted by atomic mass is 16.3. The lowest BCUT2D eigenvalue weighted by Crippen LogP contribution is -2.15. The second-order valence-corrected chi connectivity index (χ2v) is 7.07. The standard InChI is InChI=1S/C12H15NO.C11H13NO2/c1-2-11(14)8-10-7-9-5-3-4-6-12(9)13-10;13-7-10(14)6-9-5-8-3-1-2-4-11(8)12-9/h3-7,11,13-14H,2,8H2,1H3;1-5,10,12-14H,6-7H2/t11-;10-/m01/s1. The van der Waals surface area contributed by atoms with Gasteiger partial charge in [0.15, 0.2) is 0 Å². The second-order valence-electron chi connectivity index (χ2n) is 7.07. The molecule has 5 N–H and O–H groups in total. The van der Waals surface area contributed by atoms with E-state index in [1.807, 2.05) is 49.4 Å². The van der Waals surface area contributed by atoms with Crippen molar-refractivity contribution in [2.75, 3.05) is 6.61 Å². The lowest BCUT2D eigenvalue weighted by Gasteiger charge is -2.04. The number of aliphatic hydroxyl groups is 3. The summed E-state index contributed by atoms with van der Waals surface area (Å²) in [6.07, 6.45) is 1.07. The summed E-state index contributed by atoms with van der Waals surface area (Å²) in [6.45, 7) is 1.79. The molecule has 0 bridgehead atoms. The summed E-state index contributed by atoms with van der Waals surface area (Å²) >= 11 is 0. The minimum Gasteiger partial charge on any atom is -0.394 e. The van der Waals surface area contributed by atoms with Crippen LogP contribution in [0, 0.1) is 0 Å². The Balaban J connectivity index is 0.000000161. The molecule has 0 saturated heterocycles. The van der Waals surface area contributed by atoms with Crippen LogP contribution in [-0.4, -0.2) is 44.1 Å². The summed E-state index contributed by atoms with van der Waals surface area (Å²) in [6, 6.07) is 20.2. The SMILES string of the molecule is CC[C@H](O)Cc1cc2ccccc2[nH]1.OC[C@H](O)Cc1cc2ccccc2[nH]1. The molecule has 0 fully saturated rings. The number of aromatic nitrogens is 2. The van der Waals surface area contributed by atoms with Gasteiger partial charge in [-0.3, -0.25) is 0 Å². The number of para-hydroxylation sites is 2. The number of hydrogen-bond acceptors (Lipinski definition) is 3. The first-order valence-corrected chi connectivity index (χ1v) is 9.69. The Labute approximate surface area is 164 Å². The summed E-state index contributed by atoms with van der Waals surface area (Å²) in [7, 11) is 0. The third-order valence-electron chi connectivity index (χ3n) is 4.76. The van der Waals surface area contributed by atoms with Gasteiger partial charge in [-0.05, 0) is 41.5 Å². The number of aromatic amines is 2. The monoisotopic (exact) mass is 380 g/mol. The van der Waals surface area contributed by atoms with Crippen molar-refractivity contribution in [2.24, 2.45) is 0 Å². The number of aliphatic hydroxyl groups excluding tert-OH is 3. The van der Waals surface area contributed by atoms with E-state index in [-0.39, 0.29) is 12.7 Å². The molecule has 5 heteroatoms. The Hall–Kier alpha value is -2.60. The molecule has 0 aliphatic carbocycles. The number of hydrogen-bond donors (Lipinski definition) is 5. The smallest absolute Gasteiger partial charge is 0.0825 e. The van der Waals surface area contributed by atoms with Crippen molar-refractivity contribution in [1.29, 1.82) is 0 Å². The van der Waals surface area contributed by atoms with Gasteiger partial charge in [0.1, 0.15) is 0 Å². The number of nitrogens with one attached hydrogen (secondary N) is 2. The van der Waals surface area contributed by atoms with Crippen LogP contribution in [0.25, 0.3) is 21.8 Å². The lowest BCUT2D eigenvalue weighted by molar-refractivity contribution is 0.0949. The quantitative estimate of drug-likeness (QED) is 0.354. The molecule has 2 heterocycles. The van der Waals surface area contributed by atoms with Crippen molar-refractivity contribution in [2.45, 2.75) is 38.4 Å². The third-order valence-corrected chi connectivity index (χ3v) is 4.76. The van der Waals surface area contributed by atoms with Gasteiger partial charge in [0.2, 0.25) is 0 Å². The number of benzene rings is 2. The summed E-state index contributed by atoms with van der Waals surface area (Å²) in [5.41, 5.74) is 4.27. The van der Waals surface area contributed by atoms with Gasteiger partial charge in [-0.15, -0.1) is 0 Å². The van der Waals surface area contributed by atoms with Crippen molar-refractivity contribution >= 4 is 21.8 Å². The Morgan fingerprint density at radius 2 is 1.21 bits per heavy atom. The molecule has 0 radical (unpaired) electrons. The number of fused-ring (bicyclic) bond motifs is 2. The van der Waals surface area contributed by atoms with Crippen LogP contribution >= 0.6 is 0 Å². The van der Waals surface area contributed by atoms with Crippen molar-refractivity contribution in [3.8, 4) is 0 Å².